The van der Waals surface area contributed by atoms with Crippen LogP contribution in [0.25, 0.3) is 6.08 Å². The molecule has 0 aliphatic rings. The Morgan fingerprint density at radius 3 is 2.62 bits per heavy atom. The quantitative estimate of drug-likeness (QED) is 0.567. The van der Waals surface area contributed by atoms with Crippen LogP contribution in [0.5, 0.6) is 0 Å². The van der Waals surface area contributed by atoms with Gasteiger partial charge in [-0.25, -0.2) is 0 Å². The molecule has 0 bridgehead atoms. The maximum absolute atomic E-state index is 2.32. The van der Waals surface area contributed by atoms with Gasteiger partial charge in [0.2, 0.25) is 0 Å². The molecule has 0 aliphatic heterocycles. The molecule has 0 spiro atoms. The summed E-state index contributed by atoms with van der Waals surface area (Å²) >= 11 is 0. The second-order valence-electron chi connectivity index (χ2n) is 4.61. The van der Waals surface area contributed by atoms with Crippen LogP contribution in [-0.2, 0) is 0 Å². The highest BCUT2D eigenvalue weighted by Crippen LogP contribution is 2.13. The summed E-state index contributed by atoms with van der Waals surface area (Å²) in [6.07, 6.45) is 11.2. The monoisotopic (exact) mass is 216 g/mol. The second-order valence-corrected chi connectivity index (χ2v) is 4.61. The summed E-state index contributed by atoms with van der Waals surface area (Å²) in [6, 6.07) is 6.64. The molecule has 0 radical (unpaired) electrons. The maximum Gasteiger partial charge on any atom is -0.0228 e. The molecule has 0 heteroatoms. The van der Waals surface area contributed by atoms with Crippen molar-refractivity contribution in [2.24, 2.45) is 0 Å². The van der Waals surface area contributed by atoms with E-state index in [1.165, 1.54) is 48.8 Å². The van der Waals surface area contributed by atoms with Gasteiger partial charge in [0.15, 0.2) is 0 Å². The van der Waals surface area contributed by atoms with Gasteiger partial charge in [0.05, 0.1) is 0 Å². The summed E-state index contributed by atoms with van der Waals surface area (Å²) in [5, 5.41) is 0. The van der Waals surface area contributed by atoms with Crippen molar-refractivity contribution in [2.45, 2.75) is 52.9 Å². The third-order valence-corrected chi connectivity index (χ3v) is 2.96. The average molecular weight is 216 g/mol. The fourth-order valence-electron chi connectivity index (χ4n) is 1.84. The van der Waals surface area contributed by atoms with Crippen molar-refractivity contribution in [2.75, 3.05) is 0 Å². The summed E-state index contributed by atoms with van der Waals surface area (Å²) in [6.45, 7) is 6.58. The third kappa shape index (κ3) is 4.65. The van der Waals surface area contributed by atoms with E-state index in [0.29, 0.717) is 0 Å². The van der Waals surface area contributed by atoms with Crippen molar-refractivity contribution in [3.63, 3.8) is 0 Å². The minimum Gasteiger partial charge on any atom is -0.0839 e. The Labute approximate surface area is 100 Å². The highest BCUT2D eigenvalue weighted by Gasteiger charge is 1.93. The zero-order chi connectivity index (χ0) is 11.8. The number of hydrogen-bond donors (Lipinski definition) is 0. The van der Waals surface area contributed by atoms with Gasteiger partial charge in [-0.05, 0) is 37.8 Å². The van der Waals surface area contributed by atoms with Gasteiger partial charge in [0.25, 0.3) is 0 Å². The zero-order valence-corrected chi connectivity index (χ0v) is 10.9. The Kier molecular flexibility index (Phi) is 5.92. The first-order chi connectivity index (χ1) is 7.74. The van der Waals surface area contributed by atoms with E-state index in [-0.39, 0.29) is 0 Å². The van der Waals surface area contributed by atoms with Crippen LogP contribution in [0.15, 0.2) is 24.3 Å². The summed E-state index contributed by atoms with van der Waals surface area (Å²) < 4.78 is 0. The zero-order valence-electron chi connectivity index (χ0n) is 10.9. The Bertz CT molecular complexity index is 334. The van der Waals surface area contributed by atoms with E-state index >= 15 is 0 Å². The van der Waals surface area contributed by atoms with Crippen LogP contribution in [-0.4, -0.2) is 0 Å². The normalized spacial score (nSPS) is 11.2. The fourth-order valence-corrected chi connectivity index (χ4v) is 1.84. The van der Waals surface area contributed by atoms with Crippen LogP contribution < -0.4 is 0 Å². The Morgan fingerprint density at radius 2 is 1.88 bits per heavy atom. The molecule has 0 aromatic heterocycles. The van der Waals surface area contributed by atoms with E-state index in [1.807, 2.05) is 0 Å². The molecule has 0 N–H and O–H groups in total. The Hall–Kier alpha value is -1.04. The predicted octanol–water partition coefficient (Wildman–Crippen LogP) is 5.29. The van der Waals surface area contributed by atoms with Gasteiger partial charge < -0.3 is 0 Å². The van der Waals surface area contributed by atoms with Crippen LogP contribution in [0, 0.1) is 13.8 Å². The van der Waals surface area contributed by atoms with Crippen LogP contribution in [0.4, 0.5) is 0 Å². The molecule has 0 amide bonds. The van der Waals surface area contributed by atoms with Crippen molar-refractivity contribution in [3.8, 4) is 0 Å². The lowest BCUT2D eigenvalue weighted by molar-refractivity contribution is 0.675. The molecule has 1 aromatic carbocycles. The number of hydrogen-bond acceptors (Lipinski definition) is 0. The SMILES string of the molecule is CCCCCCC=Cc1cc(C)ccc1C. The number of unbranched alkanes of at least 4 members (excludes halogenated alkanes) is 4. The van der Waals surface area contributed by atoms with Crippen molar-refractivity contribution in [3.05, 3.63) is 41.0 Å². The maximum atomic E-state index is 2.32. The lowest BCUT2D eigenvalue weighted by Gasteiger charge is -2.01. The minimum absolute atomic E-state index is 1.22. The molecule has 0 aliphatic carbocycles. The molecule has 88 valence electrons. The molecule has 0 saturated carbocycles. The Balaban J connectivity index is 2.40. The second kappa shape index (κ2) is 7.27. The van der Waals surface area contributed by atoms with Crippen molar-refractivity contribution < 1.29 is 0 Å². The number of benzene rings is 1. The van der Waals surface area contributed by atoms with Crippen LogP contribution in [0.3, 0.4) is 0 Å². The molecule has 1 aromatic rings. The van der Waals surface area contributed by atoms with E-state index < -0.39 is 0 Å². The molecule has 0 saturated heterocycles. The highest BCUT2D eigenvalue weighted by atomic mass is 14.0. The van der Waals surface area contributed by atoms with Crippen LogP contribution in [0.2, 0.25) is 0 Å². The van der Waals surface area contributed by atoms with E-state index in [2.05, 4.69) is 51.1 Å². The van der Waals surface area contributed by atoms with Gasteiger partial charge >= 0.3 is 0 Å². The number of allylic oxidation sites excluding steroid dienone is 1. The molecule has 0 unspecified atom stereocenters. The largest absolute Gasteiger partial charge is 0.0839 e. The van der Waals surface area contributed by atoms with Gasteiger partial charge in [0, 0.05) is 0 Å². The van der Waals surface area contributed by atoms with Gasteiger partial charge in [-0.3, -0.25) is 0 Å². The smallest absolute Gasteiger partial charge is 0.0228 e. The first-order valence-corrected chi connectivity index (χ1v) is 6.48. The lowest BCUT2D eigenvalue weighted by atomic mass is 10.0. The molecule has 0 nitrogen and oxygen atoms in total. The summed E-state index contributed by atoms with van der Waals surface area (Å²) in [7, 11) is 0. The van der Waals surface area contributed by atoms with E-state index in [9.17, 15) is 0 Å². The van der Waals surface area contributed by atoms with Crippen LogP contribution >= 0.6 is 0 Å². The van der Waals surface area contributed by atoms with E-state index in [0.717, 1.165) is 0 Å². The molecular formula is C16H24. The van der Waals surface area contributed by atoms with Gasteiger partial charge in [-0.15, -0.1) is 0 Å². The van der Waals surface area contributed by atoms with Crippen molar-refractivity contribution >= 4 is 6.08 Å². The lowest BCUT2D eigenvalue weighted by Crippen LogP contribution is -1.82. The summed E-state index contributed by atoms with van der Waals surface area (Å²) in [5.41, 5.74) is 4.09. The Morgan fingerprint density at radius 1 is 1.06 bits per heavy atom. The third-order valence-electron chi connectivity index (χ3n) is 2.96. The highest BCUT2D eigenvalue weighted by molar-refractivity contribution is 5.54. The van der Waals surface area contributed by atoms with E-state index in [1.54, 1.807) is 0 Å². The molecule has 1 rings (SSSR count). The van der Waals surface area contributed by atoms with Gasteiger partial charge in [-0.2, -0.15) is 0 Å². The first kappa shape index (κ1) is 13.0. The average Bonchev–Trinajstić information content (AvgIpc) is 2.28. The molecule has 0 atom stereocenters. The van der Waals surface area contributed by atoms with E-state index in [4.69, 9.17) is 0 Å². The minimum atomic E-state index is 1.22. The fraction of sp³-hybridized carbons (Fsp3) is 0.500. The van der Waals surface area contributed by atoms with Crippen LogP contribution in [0.1, 0.15) is 55.7 Å². The van der Waals surface area contributed by atoms with Crippen molar-refractivity contribution in [1.29, 1.82) is 0 Å². The molecular weight excluding hydrogens is 192 g/mol. The van der Waals surface area contributed by atoms with Gasteiger partial charge in [0.1, 0.15) is 0 Å². The number of aryl methyl sites for hydroxylation is 2. The number of rotatable bonds is 6. The van der Waals surface area contributed by atoms with Gasteiger partial charge in [-0.1, -0.05) is 62.1 Å². The topological polar surface area (TPSA) is 0 Å². The predicted molar refractivity (Wildman–Crippen MR) is 73.7 cm³/mol. The summed E-state index contributed by atoms with van der Waals surface area (Å²) in [4.78, 5) is 0. The molecule has 0 heterocycles. The molecule has 0 fully saturated rings. The summed E-state index contributed by atoms with van der Waals surface area (Å²) in [5.74, 6) is 0. The first-order valence-electron chi connectivity index (χ1n) is 6.48. The molecule has 16 heavy (non-hydrogen) atoms. The van der Waals surface area contributed by atoms with Crippen molar-refractivity contribution in [1.82, 2.24) is 0 Å². The standard InChI is InChI=1S/C16H24/c1-4-5-6-7-8-9-10-16-13-14(2)11-12-15(16)3/h9-13H,4-8H2,1-3H3.